The van der Waals surface area contributed by atoms with Crippen molar-refractivity contribution in [3.05, 3.63) is 53.3 Å². The highest BCUT2D eigenvalue weighted by Crippen LogP contribution is 2.42. The number of cyclic esters (lactones) is 2. The van der Waals surface area contributed by atoms with Crippen LogP contribution in [-0.2, 0) is 36.4 Å². The summed E-state index contributed by atoms with van der Waals surface area (Å²) in [7, 11) is 0. The maximum absolute atomic E-state index is 13.4. The van der Waals surface area contributed by atoms with E-state index in [-0.39, 0.29) is 22.4 Å². The van der Waals surface area contributed by atoms with Crippen LogP contribution in [0, 0.1) is 5.92 Å². The number of hydrogen-bond acceptors (Lipinski definition) is 7. The third-order valence-corrected chi connectivity index (χ3v) is 7.11. The molecule has 0 amide bonds. The van der Waals surface area contributed by atoms with Crippen LogP contribution in [0.25, 0.3) is 0 Å². The van der Waals surface area contributed by atoms with Gasteiger partial charge in [0, 0.05) is 50.5 Å². The van der Waals surface area contributed by atoms with Crippen LogP contribution >= 0.6 is 0 Å². The molecule has 0 atom stereocenters. The van der Waals surface area contributed by atoms with Gasteiger partial charge in [0.1, 0.15) is 11.6 Å². The average Bonchev–Trinajstić information content (AvgIpc) is 2.84. The van der Waals surface area contributed by atoms with Gasteiger partial charge in [0.15, 0.2) is 0 Å². The van der Waals surface area contributed by atoms with Crippen LogP contribution in [0.4, 0.5) is 5.69 Å². The Bertz CT molecular complexity index is 1200. The molecule has 224 valence electrons. The van der Waals surface area contributed by atoms with Gasteiger partial charge in [0.2, 0.25) is 5.92 Å². The van der Waals surface area contributed by atoms with Crippen LogP contribution in [0.15, 0.2) is 41.7 Å². The number of ether oxygens (including phenoxy) is 2. The van der Waals surface area contributed by atoms with Crippen molar-refractivity contribution in [1.29, 1.82) is 0 Å². The minimum Gasteiger partial charge on any atom is -0.507 e. The second-order valence-corrected chi connectivity index (χ2v) is 13.4. The van der Waals surface area contributed by atoms with Crippen molar-refractivity contribution in [2.24, 2.45) is 10.9 Å². The zero-order valence-corrected chi connectivity index (χ0v) is 26.2. The number of rotatable bonds is 9. The number of phenols is 1. The van der Waals surface area contributed by atoms with Crippen molar-refractivity contribution in [3.63, 3.8) is 0 Å². The molecule has 3 rings (SSSR count). The fourth-order valence-corrected chi connectivity index (χ4v) is 4.92. The third-order valence-electron chi connectivity index (χ3n) is 7.11. The zero-order valence-electron chi connectivity index (χ0n) is 26.2. The van der Waals surface area contributed by atoms with Crippen LogP contribution in [-0.4, -0.2) is 45.1 Å². The SMILES string of the molecule is CCCCCCN(Cc1ccncc1)C(=Nc1cc(C(C)(C)C)c(O)c(C(C)(C)C)c1)C1C(=O)OC(C)(C)OC1=O. The lowest BCUT2D eigenvalue weighted by Crippen LogP contribution is -2.52. The summed E-state index contributed by atoms with van der Waals surface area (Å²) in [5.74, 6) is -3.58. The summed E-state index contributed by atoms with van der Waals surface area (Å²) in [5.41, 5.74) is 2.24. The number of amidine groups is 1. The molecule has 2 heterocycles. The number of phenolic OH excluding ortho intramolecular Hbond substituents is 1. The molecular formula is C33H47N3O5. The van der Waals surface area contributed by atoms with Gasteiger partial charge < -0.3 is 19.5 Å². The van der Waals surface area contributed by atoms with Gasteiger partial charge in [-0.1, -0.05) is 67.7 Å². The maximum Gasteiger partial charge on any atom is 0.331 e. The third kappa shape index (κ3) is 8.30. The quantitative estimate of drug-likeness (QED) is 0.115. The van der Waals surface area contributed by atoms with Gasteiger partial charge in [-0.05, 0) is 47.1 Å². The predicted octanol–water partition coefficient (Wildman–Crippen LogP) is 6.95. The molecule has 2 aromatic rings. The summed E-state index contributed by atoms with van der Waals surface area (Å²) in [6.45, 7) is 18.4. The topological polar surface area (TPSA) is 101 Å². The van der Waals surface area contributed by atoms with Crippen LogP contribution in [0.5, 0.6) is 5.75 Å². The smallest absolute Gasteiger partial charge is 0.331 e. The van der Waals surface area contributed by atoms with Crippen LogP contribution in [0.2, 0.25) is 0 Å². The number of benzene rings is 1. The van der Waals surface area contributed by atoms with Crippen LogP contribution in [0.3, 0.4) is 0 Å². The summed E-state index contributed by atoms with van der Waals surface area (Å²) >= 11 is 0. The molecule has 0 bridgehead atoms. The highest BCUT2D eigenvalue weighted by molar-refractivity contribution is 6.17. The molecule has 8 nitrogen and oxygen atoms in total. The molecule has 1 saturated heterocycles. The minimum absolute atomic E-state index is 0.233. The Labute approximate surface area is 245 Å². The summed E-state index contributed by atoms with van der Waals surface area (Å²) in [6, 6.07) is 7.51. The molecule has 1 fully saturated rings. The van der Waals surface area contributed by atoms with Gasteiger partial charge in [-0.25, -0.2) is 4.99 Å². The first-order valence-corrected chi connectivity index (χ1v) is 14.6. The van der Waals surface area contributed by atoms with Crippen molar-refractivity contribution in [2.45, 2.75) is 111 Å². The van der Waals surface area contributed by atoms with E-state index in [4.69, 9.17) is 14.5 Å². The second kappa shape index (κ2) is 12.6. The summed E-state index contributed by atoms with van der Waals surface area (Å²) in [6.07, 6.45) is 7.47. The Balaban J connectivity index is 2.25. The van der Waals surface area contributed by atoms with E-state index in [1.807, 2.05) is 70.7 Å². The number of carbonyl (C=O) groups is 2. The van der Waals surface area contributed by atoms with E-state index in [1.165, 1.54) is 0 Å². The number of carbonyl (C=O) groups excluding carboxylic acids is 2. The number of esters is 2. The number of aliphatic imine (C=N–C) groups is 1. The Morgan fingerprint density at radius 3 is 1.98 bits per heavy atom. The van der Waals surface area contributed by atoms with E-state index < -0.39 is 23.6 Å². The molecule has 0 unspecified atom stereocenters. The van der Waals surface area contributed by atoms with E-state index >= 15 is 0 Å². The zero-order chi connectivity index (χ0) is 30.6. The molecule has 0 saturated carbocycles. The fraction of sp³-hybridized carbons (Fsp3) is 0.576. The predicted molar refractivity (Wildman–Crippen MR) is 161 cm³/mol. The van der Waals surface area contributed by atoms with Gasteiger partial charge in [0.25, 0.3) is 5.79 Å². The molecule has 1 aromatic carbocycles. The van der Waals surface area contributed by atoms with Gasteiger partial charge in [-0.15, -0.1) is 0 Å². The number of aromatic hydroxyl groups is 1. The molecule has 1 aliphatic rings. The molecule has 0 spiro atoms. The summed E-state index contributed by atoms with van der Waals surface area (Å²) < 4.78 is 11.1. The molecule has 1 aliphatic heterocycles. The second-order valence-electron chi connectivity index (χ2n) is 13.4. The standard InChI is InChI=1S/C33H47N3O5/c1-10-11-12-13-18-36(21-22-14-16-34-17-15-22)28(26-29(38)40-33(8,9)41-30(26)39)35-23-19-24(31(2,3)4)27(37)25(20-23)32(5,6)7/h14-17,19-20,26,37H,10-13,18,21H2,1-9H3. The highest BCUT2D eigenvalue weighted by Gasteiger charge is 2.47. The van der Waals surface area contributed by atoms with Crippen LogP contribution < -0.4 is 0 Å². The van der Waals surface area contributed by atoms with Gasteiger partial charge in [-0.3, -0.25) is 14.6 Å². The van der Waals surface area contributed by atoms with Gasteiger partial charge >= 0.3 is 11.9 Å². The Hall–Kier alpha value is -3.42. The number of aromatic nitrogens is 1. The van der Waals surface area contributed by atoms with Gasteiger partial charge in [-0.2, -0.15) is 0 Å². The van der Waals surface area contributed by atoms with Crippen molar-refractivity contribution >= 4 is 23.5 Å². The maximum atomic E-state index is 13.4. The largest absolute Gasteiger partial charge is 0.507 e. The highest BCUT2D eigenvalue weighted by atomic mass is 16.7. The number of hydrogen-bond donors (Lipinski definition) is 1. The minimum atomic E-state index is -1.36. The van der Waals surface area contributed by atoms with Crippen molar-refractivity contribution in [2.75, 3.05) is 6.54 Å². The van der Waals surface area contributed by atoms with Crippen molar-refractivity contribution in [3.8, 4) is 5.75 Å². The average molecular weight is 566 g/mol. The lowest BCUT2D eigenvalue weighted by Gasteiger charge is -2.36. The first-order chi connectivity index (χ1) is 19.0. The molecule has 8 heteroatoms. The van der Waals surface area contributed by atoms with Crippen LogP contribution in [0.1, 0.15) is 105 Å². The van der Waals surface area contributed by atoms with E-state index in [9.17, 15) is 14.7 Å². The monoisotopic (exact) mass is 565 g/mol. The van der Waals surface area contributed by atoms with E-state index in [0.29, 0.717) is 18.8 Å². The lowest BCUT2D eigenvalue weighted by molar-refractivity contribution is -0.236. The van der Waals surface area contributed by atoms with Gasteiger partial charge in [0.05, 0.1) is 5.69 Å². The Kier molecular flexibility index (Phi) is 9.88. The summed E-state index contributed by atoms with van der Waals surface area (Å²) in [5, 5.41) is 11.3. The number of pyridine rings is 1. The normalized spacial score (nSPS) is 16.4. The first-order valence-electron chi connectivity index (χ1n) is 14.6. The Morgan fingerprint density at radius 1 is 0.951 bits per heavy atom. The van der Waals surface area contributed by atoms with Crippen molar-refractivity contribution in [1.82, 2.24) is 9.88 Å². The summed E-state index contributed by atoms with van der Waals surface area (Å²) in [4.78, 5) is 38.0. The lowest BCUT2D eigenvalue weighted by atomic mass is 9.79. The molecule has 1 aromatic heterocycles. The molecular weight excluding hydrogens is 518 g/mol. The number of nitrogens with zero attached hydrogens (tertiary/aromatic N) is 3. The molecule has 0 aliphatic carbocycles. The first kappa shape index (κ1) is 32.1. The van der Waals surface area contributed by atoms with E-state index in [2.05, 4.69) is 11.9 Å². The molecule has 41 heavy (non-hydrogen) atoms. The Morgan fingerprint density at radius 2 is 1.49 bits per heavy atom. The van der Waals surface area contributed by atoms with E-state index in [1.54, 1.807) is 26.2 Å². The molecule has 0 radical (unpaired) electrons. The molecule has 1 N–H and O–H groups in total. The fourth-order valence-electron chi connectivity index (χ4n) is 4.92. The van der Waals surface area contributed by atoms with Crippen molar-refractivity contribution < 1.29 is 24.2 Å². The number of unbranched alkanes of at least 4 members (excludes halogenated alkanes) is 3. The van der Waals surface area contributed by atoms with E-state index in [0.717, 1.165) is 42.4 Å².